The van der Waals surface area contributed by atoms with Crippen molar-refractivity contribution < 1.29 is 4.74 Å². The first-order valence-electron chi connectivity index (χ1n) is 4.82. The minimum absolute atomic E-state index is 0.452. The highest BCUT2D eigenvalue weighted by atomic mass is 35.5. The number of rotatable bonds is 3. The Balaban J connectivity index is 2.15. The minimum atomic E-state index is 0.452. The number of nitrogens with zero attached hydrogens (tertiary/aromatic N) is 2. The van der Waals surface area contributed by atoms with Crippen molar-refractivity contribution in [2.24, 2.45) is 0 Å². The van der Waals surface area contributed by atoms with E-state index in [4.69, 9.17) is 16.3 Å². The molecule has 2 rings (SSSR count). The van der Waals surface area contributed by atoms with Crippen molar-refractivity contribution in [1.82, 2.24) is 9.97 Å². The topological polar surface area (TPSA) is 35.0 Å². The first-order valence-corrected chi connectivity index (χ1v) is 6.08. The summed E-state index contributed by atoms with van der Waals surface area (Å²) < 4.78 is 5.62. The largest absolute Gasteiger partial charge is 0.472 e. The number of hydrogen-bond donors (Lipinski definition) is 0. The van der Waals surface area contributed by atoms with E-state index in [1.165, 1.54) is 0 Å². The molecule has 0 spiro atoms. The third-order valence-electron chi connectivity index (χ3n) is 2.08. The van der Waals surface area contributed by atoms with Crippen LogP contribution >= 0.6 is 22.9 Å². The summed E-state index contributed by atoms with van der Waals surface area (Å²) >= 11 is 7.61. The van der Waals surface area contributed by atoms with Gasteiger partial charge in [-0.05, 0) is 25.3 Å². The minimum Gasteiger partial charge on any atom is -0.472 e. The Kier molecular flexibility index (Phi) is 3.41. The Labute approximate surface area is 103 Å². The van der Waals surface area contributed by atoms with Crippen LogP contribution in [-0.4, -0.2) is 9.97 Å². The van der Waals surface area contributed by atoms with Crippen molar-refractivity contribution in [3.8, 4) is 5.88 Å². The van der Waals surface area contributed by atoms with Gasteiger partial charge < -0.3 is 4.74 Å². The molecule has 3 nitrogen and oxygen atoms in total. The maximum absolute atomic E-state index is 5.95. The number of aryl methyl sites for hydroxylation is 1. The molecule has 0 amide bonds. The van der Waals surface area contributed by atoms with E-state index in [2.05, 4.69) is 9.97 Å². The summed E-state index contributed by atoms with van der Waals surface area (Å²) in [5, 5.41) is 2.47. The Bertz CT molecular complexity index is 485. The van der Waals surface area contributed by atoms with Crippen molar-refractivity contribution >= 4 is 22.9 Å². The molecule has 5 heteroatoms. The van der Waals surface area contributed by atoms with Gasteiger partial charge in [0.25, 0.3) is 0 Å². The molecule has 0 aromatic carbocycles. The normalized spacial score (nSPS) is 10.4. The van der Waals surface area contributed by atoms with Gasteiger partial charge in [0, 0.05) is 10.4 Å². The lowest BCUT2D eigenvalue weighted by atomic mass is 10.3. The van der Waals surface area contributed by atoms with E-state index in [0.717, 1.165) is 10.4 Å². The van der Waals surface area contributed by atoms with E-state index < -0.39 is 0 Å². The first kappa shape index (κ1) is 11.4. The third kappa shape index (κ3) is 2.51. The standard InChI is InChI=1S/C11H11ClN2OS/c1-7-10(12)13-8(2)14-11(7)15-6-9-4-3-5-16-9/h3-5H,6H2,1-2H3. The van der Waals surface area contributed by atoms with Gasteiger partial charge in [0.05, 0.1) is 0 Å². The van der Waals surface area contributed by atoms with Crippen molar-refractivity contribution in [3.05, 3.63) is 38.9 Å². The average Bonchev–Trinajstić information content (AvgIpc) is 2.74. The zero-order chi connectivity index (χ0) is 11.5. The molecule has 0 radical (unpaired) electrons. The molecule has 2 aromatic rings. The number of hydrogen-bond acceptors (Lipinski definition) is 4. The van der Waals surface area contributed by atoms with Gasteiger partial charge in [0.1, 0.15) is 17.6 Å². The molecule has 0 atom stereocenters. The Hall–Kier alpha value is -1.13. The second kappa shape index (κ2) is 4.80. The van der Waals surface area contributed by atoms with E-state index in [1.54, 1.807) is 18.3 Å². The van der Waals surface area contributed by atoms with Crippen LogP contribution in [-0.2, 0) is 6.61 Å². The van der Waals surface area contributed by atoms with Gasteiger partial charge in [-0.1, -0.05) is 17.7 Å². The van der Waals surface area contributed by atoms with Crippen molar-refractivity contribution in [2.75, 3.05) is 0 Å². The Morgan fingerprint density at radius 3 is 2.88 bits per heavy atom. The maximum atomic E-state index is 5.95. The number of aromatic nitrogens is 2. The summed E-state index contributed by atoms with van der Waals surface area (Å²) in [5.41, 5.74) is 0.781. The van der Waals surface area contributed by atoms with Crippen LogP contribution in [0.5, 0.6) is 5.88 Å². The molecule has 0 fully saturated rings. The van der Waals surface area contributed by atoms with Gasteiger partial charge in [-0.25, -0.2) is 4.98 Å². The van der Waals surface area contributed by atoms with Gasteiger partial charge in [-0.2, -0.15) is 4.98 Å². The molecule has 0 unspecified atom stereocenters. The summed E-state index contributed by atoms with van der Waals surface area (Å²) in [6.07, 6.45) is 0. The van der Waals surface area contributed by atoms with E-state index in [9.17, 15) is 0 Å². The monoisotopic (exact) mass is 254 g/mol. The van der Waals surface area contributed by atoms with Gasteiger partial charge in [0.15, 0.2) is 0 Å². The summed E-state index contributed by atoms with van der Waals surface area (Å²) in [6.45, 7) is 4.17. The lowest BCUT2D eigenvalue weighted by Crippen LogP contribution is -2.01. The van der Waals surface area contributed by atoms with E-state index in [0.29, 0.717) is 23.5 Å². The highest BCUT2D eigenvalue weighted by molar-refractivity contribution is 7.09. The van der Waals surface area contributed by atoms with Gasteiger partial charge in [0.2, 0.25) is 5.88 Å². The average molecular weight is 255 g/mol. The highest BCUT2D eigenvalue weighted by Crippen LogP contribution is 2.23. The number of halogens is 1. The SMILES string of the molecule is Cc1nc(Cl)c(C)c(OCc2cccs2)n1. The van der Waals surface area contributed by atoms with Crippen molar-refractivity contribution in [2.45, 2.75) is 20.5 Å². The fourth-order valence-corrected chi connectivity index (χ4v) is 2.06. The third-order valence-corrected chi connectivity index (χ3v) is 3.30. The molecule has 0 aliphatic rings. The zero-order valence-corrected chi connectivity index (χ0v) is 10.6. The molecule has 2 aromatic heterocycles. The van der Waals surface area contributed by atoms with Crippen LogP contribution in [0, 0.1) is 13.8 Å². The number of ether oxygens (including phenoxy) is 1. The molecule has 2 heterocycles. The van der Waals surface area contributed by atoms with Crippen LogP contribution in [0.15, 0.2) is 17.5 Å². The highest BCUT2D eigenvalue weighted by Gasteiger charge is 2.08. The summed E-state index contributed by atoms with van der Waals surface area (Å²) in [6, 6.07) is 4.02. The van der Waals surface area contributed by atoms with Crippen molar-refractivity contribution in [1.29, 1.82) is 0 Å². The predicted octanol–water partition coefficient (Wildman–Crippen LogP) is 3.39. The van der Waals surface area contributed by atoms with Crippen LogP contribution in [0.2, 0.25) is 5.15 Å². The van der Waals surface area contributed by atoms with Crippen molar-refractivity contribution in [3.63, 3.8) is 0 Å². The quantitative estimate of drug-likeness (QED) is 0.788. The molecule has 16 heavy (non-hydrogen) atoms. The summed E-state index contributed by atoms with van der Waals surface area (Å²) in [4.78, 5) is 9.43. The second-order valence-electron chi connectivity index (χ2n) is 3.36. The van der Waals surface area contributed by atoms with Crippen LogP contribution < -0.4 is 4.74 Å². The van der Waals surface area contributed by atoms with Crippen LogP contribution in [0.1, 0.15) is 16.3 Å². The molecule has 0 aliphatic heterocycles. The molecule has 0 aliphatic carbocycles. The van der Waals surface area contributed by atoms with Crippen LogP contribution in [0.3, 0.4) is 0 Å². The van der Waals surface area contributed by atoms with Gasteiger partial charge in [-0.3, -0.25) is 0 Å². The molecule has 0 N–H and O–H groups in total. The molecular weight excluding hydrogens is 244 g/mol. The molecule has 84 valence electrons. The van der Waals surface area contributed by atoms with Crippen LogP contribution in [0.4, 0.5) is 0 Å². The van der Waals surface area contributed by atoms with E-state index >= 15 is 0 Å². The van der Waals surface area contributed by atoms with E-state index in [-0.39, 0.29) is 0 Å². The second-order valence-corrected chi connectivity index (χ2v) is 4.75. The fourth-order valence-electron chi connectivity index (χ4n) is 1.24. The van der Waals surface area contributed by atoms with Gasteiger partial charge >= 0.3 is 0 Å². The molecule has 0 saturated heterocycles. The molecule has 0 saturated carbocycles. The lowest BCUT2D eigenvalue weighted by molar-refractivity contribution is 0.293. The Morgan fingerprint density at radius 2 is 2.19 bits per heavy atom. The maximum Gasteiger partial charge on any atom is 0.221 e. The van der Waals surface area contributed by atoms with Gasteiger partial charge in [-0.15, -0.1) is 11.3 Å². The molecular formula is C11H11ClN2OS. The Morgan fingerprint density at radius 1 is 1.38 bits per heavy atom. The summed E-state index contributed by atoms with van der Waals surface area (Å²) in [7, 11) is 0. The fraction of sp³-hybridized carbons (Fsp3) is 0.273. The smallest absolute Gasteiger partial charge is 0.221 e. The lowest BCUT2D eigenvalue weighted by Gasteiger charge is -2.08. The summed E-state index contributed by atoms with van der Waals surface area (Å²) in [5.74, 6) is 1.18. The predicted molar refractivity (Wildman–Crippen MR) is 65.2 cm³/mol. The number of thiophene rings is 1. The van der Waals surface area contributed by atoms with Crippen LogP contribution in [0.25, 0.3) is 0 Å². The molecule has 0 bridgehead atoms. The first-order chi connectivity index (χ1) is 7.66. The van der Waals surface area contributed by atoms with E-state index in [1.807, 2.05) is 24.4 Å². The zero-order valence-electron chi connectivity index (χ0n) is 9.03.